The predicted octanol–water partition coefficient (Wildman–Crippen LogP) is 1.98. The zero-order valence-corrected chi connectivity index (χ0v) is 65.5. The summed E-state index contributed by atoms with van der Waals surface area (Å²) in [6, 6.07) is -11.6. The van der Waals surface area contributed by atoms with Crippen LogP contribution >= 0.6 is 0 Å². The molecule has 2 fully saturated rings. The van der Waals surface area contributed by atoms with Crippen molar-refractivity contribution in [3.63, 3.8) is 0 Å². The van der Waals surface area contributed by atoms with Gasteiger partial charge in [0.05, 0.1) is 6.10 Å². The van der Waals surface area contributed by atoms with Crippen molar-refractivity contribution in [2.75, 3.05) is 13.1 Å². The number of nitrogens with one attached hydrogen (secondary N) is 12. The number of nitrogens with two attached hydrogens (primary N) is 1. The van der Waals surface area contributed by atoms with Crippen molar-refractivity contribution >= 4 is 82.8 Å². The number of benzene rings is 1. The van der Waals surface area contributed by atoms with E-state index in [0.717, 1.165) is 6.42 Å². The topological polar surface area (TPSA) is 442 Å². The number of hydrogen-bond acceptors (Lipinski definition) is 17. The van der Waals surface area contributed by atoms with Crippen LogP contribution in [-0.4, -0.2) is 191 Å². The number of esters is 1. The number of carbonyl (C=O) groups is 14. The second-order valence-corrected chi connectivity index (χ2v) is 30.1. The molecule has 1 aromatic rings. The van der Waals surface area contributed by atoms with Gasteiger partial charge in [-0.3, -0.25) is 62.3 Å². The number of likely N-dealkylation sites (tertiary alicyclic amines) is 1. The van der Waals surface area contributed by atoms with Crippen LogP contribution < -0.4 is 69.5 Å². The van der Waals surface area contributed by atoms with E-state index in [1.807, 2.05) is 13.8 Å². The summed E-state index contributed by atoms with van der Waals surface area (Å²) in [4.78, 5) is 202. The Balaban J connectivity index is 2.01. The number of cyclic esters (lactones) is 1. The van der Waals surface area contributed by atoms with Gasteiger partial charge in [0.1, 0.15) is 90.1 Å². The number of carbonyl (C=O) groups excluding carboxylic acids is 14. The Hall–Kier alpha value is -8.61. The normalized spacial score (nSPS) is 22.7. The highest BCUT2D eigenvalue weighted by Crippen LogP contribution is 2.23. The zero-order valence-electron chi connectivity index (χ0n) is 65.5. The van der Waals surface area contributed by atoms with Crippen molar-refractivity contribution in [1.82, 2.24) is 68.7 Å². The number of aliphatic hydroxyl groups is 1. The molecule has 15 N–H and O–H groups in total. The van der Waals surface area contributed by atoms with E-state index in [0.29, 0.717) is 18.4 Å². The third-order valence-electron chi connectivity index (χ3n) is 19.7. The van der Waals surface area contributed by atoms with Crippen molar-refractivity contribution < 1.29 is 81.4 Å². The molecular formula is C75H123FN14O16. The quantitative estimate of drug-likeness (QED) is 0.0353. The molecule has 2 aliphatic rings. The van der Waals surface area contributed by atoms with Crippen LogP contribution in [-0.2, 0) is 78.3 Å². The van der Waals surface area contributed by atoms with E-state index in [9.17, 15) is 67.0 Å². The standard InChI is InChI=1S/C75H123FN14O16/c1-20-42(15)28-33-53(92)81-54(37(5)6)68(98)88-61(45(18)91)72(102)83-56(39(9)10)69(99)84-57(40(11)12)74(104)90-35-25-27-52(90)66(96)79-50(26-24-34-77)64(94)86-59(43(16)21-2)71(101)89-62-46(19)106-75(105)58(41(13)14)85-63(93)49(23-4)78-65(95)51(36-47-29-31-48(76)32-30-47)80-67(97)55(38(7)8)82-70(100)60(44(17)22-3)87-73(62)103/h23,29-32,37-46,50-52,54-62,91H,20-22,24-28,33-36,77H2,1-19H3,(H,78,95)(H,79,96)(H,80,97)(H,81,92)(H,82,100)(H,83,102)(H,84,99)(H,85,93)(H,86,94)(H,87,103)(H,88,98)(H,89,101)/b49-23-/t42-,43-,44-,45+,46+,50-,51-,52+,54+,55+,56-,57+,58-,59+,60+,61-,62+/m0/s1. The average Bonchev–Trinajstić information content (AvgIpc) is 1.52. The molecule has 3 rings (SSSR count). The Kier molecular flexibility index (Phi) is 37.9. The highest BCUT2D eigenvalue weighted by Gasteiger charge is 2.45. The molecule has 0 unspecified atom stereocenters. The van der Waals surface area contributed by atoms with Crippen LogP contribution in [0, 0.1) is 53.2 Å². The van der Waals surface area contributed by atoms with Crippen LogP contribution in [0.4, 0.5) is 4.39 Å². The maximum atomic E-state index is 15.0. The lowest BCUT2D eigenvalue weighted by Crippen LogP contribution is -2.64. The summed E-state index contributed by atoms with van der Waals surface area (Å²) < 4.78 is 20.0. The fourth-order valence-electron chi connectivity index (χ4n) is 12.1. The van der Waals surface area contributed by atoms with Crippen molar-refractivity contribution in [3.05, 3.63) is 47.4 Å². The van der Waals surface area contributed by atoms with E-state index in [1.54, 1.807) is 96.9 Å². The van der Waals surface area contributed by atoms with E-state index in [-0.39, 0.29) is 75.6 Å². The third kappa shape index (κ3) is 27.3. The van der Waals surface area contributed by atoms with Crippen LogP contribution in [0.1, 0.15) is 195 Å². The molecule has 1 aromatic carbocycles. The number of halogens is 1. The summed E-state index contributed by atoms with van der Waals surface area (Å²) in [6.45, 7) is 31.4. The summed E-state index contributed by atoms with van der Waals surface area (Å²) in [7, 11) is 0. The summed E-state index contributed by atoms with van der Waals surface area (Å²) in [6.07, 6.45) is 0.747. The van der Waals surface area contributed by atoms with Gasteiger partial charge < -0.3 is 84.3 Å². The summed E-state index contributed by atoms with van der Waals surface area (Å²) >= 11 is 0. The maximum Gasteiger partial charge on any atom is 0.329 e. The highest BCUT2D eigenvalue weighted by atomic mass is 19.1. The van der Waals surface area contributed by atoms with Gasteiger partial charge in [0.25, 0.3) is 5.91 Å². The molecule has 2 heterocycles. The van der Waals surface area contributed by atoms with Crippen molar-refractivity contribution in [2.24, 2.45) is 53.1 Å². The average molecular weight is 1500 g/mol. The number of nitrogens with zero attached hydrogens (tertiary/aromatic N) is 1. The monoisotopic (exact) mass is 1490 g/mol. The Bertz CT molecular complexity index is 3220. The molecule has 0 bridgehead atoms. The minimum atomic E-state index is -1.85. The molecule has 0 aromatic heterocycles. The van der Waals surface area contributed by atoms with E-state index >= 15 is 9.59 Å². The maximum absolute atomic E-state index is 15.0. The zero-order chi connectivity index (χ0) is 80.3. The van der Waals surface area contributed by atoms with Gasteiger partial charge in [-0.15, -0.1) is 0 Å². The van der Waals surface area contributed by atoms with Gasteiger partial charge in [-0.25, -0.2) is 9.18 Å². The molecule has 17 atom stereocenters. The van der Waals surface area contributed by atoms with Gasteiger partial charge in [-0.2, -0.15) is 0 Å². The van der Waals surface area contributed by atoms with Crippen molar-refractivity contribution in [2.45, 2.75) is 280 Å². The number of rotatable bonds is 33. The third-order valence-corrected chi connectivity index (χ3v) is 19.7. The van der Waals surface area contributed by atoms with Crippen molar-refractivity contribution in [3.8, 4) is 0 Å². The van der Waals surface area contributed by atoms with Gasteiger partial charge in [-0.1, -0.05) is 148 Å². The first-order valence-electron chi connectivity index (χ1n) is 37.6. The fourth-order valence-corrected chi connectivity index (χ4v) is 12.1. The lowest BCUT2D eigenvalue weighted by Gasteiger charge is -2.33. The molecule has 596 valence electrons. The van der Waals surface area contributed by atoms with Gasteiger partial charge >= 0.3 is 5.97 Å². The number of hydrogen-bond donors (Lipinski definition) is 14. The molecule has 106 heavy (non-hydrogen) atoms. The molecule has 0 spiro atoms. The Morgan fingerprint density at radius 3 is 1.69 bits per heavy atom. The van der Waals surface area contributed by atoms with Crippen LogP contribution in [0.3, 0.4) is 0 Å². The summed E-state index contributed by atoms with van der Waals surface area (Å²) in [5.41, 5.74) is 6.04. The molecule has 2 aliphatic heterocycles. The van der Waals surface area contributed by atoms with E-state index in [2.05, 4.69) is 63.8 Å². The van der Waals surface area contributed by atoms with Gasteiger partial charge in [0.2, 0.25) is 70.9 Å². The minimum Gasteiger partial charge on any atom is -0.458 e. The summed E-state index contributed by atoms with van der Waals surface area (Å²) in [5, 5.41) is 42.9. The molecule has 31 heteroatoms. The molecule has 0 saturated carbocycles. The molecule has 2 saturated heterocycles. The fraction of sp³-hybridized carbons (Fsp3) is 0.707. The predicted molar refractivity (Wildman–Crippen MR) is 395 cm³/mol. The molecule has 0 aliphatic carbocycles. The minimum absolute atomic E-state index is 0.0595. The first-order valence-corrected chi connectivity index (χ1v) is 37.6. The van der Waals surface area contributed by atoms with Crippen LogP contribution in [0.15, 0.2) is 36.0 Å². The first kappa shape index (κ1) is 91.6. The smallest absolute Gasteiger partial charge is 0.329 e. The number of allylic oxidation sites excluding steroid dienone is 1. The first-order chi connectivity index (χ1) is 49.7. The van der Waals surface area contributed by atoms with E-state index < -0.39 is 209 Å². The molecular weight excluding hydrogens is 1370 g/mol. The van der Waals surface area contributed by atoms with Crippen LogP contribution in [0.25, 0.3) is 0 Å². The largest absolute Gasteiger partial charge is 0.458 e. The Morgan fingerprint density at radius 2 is 1.16 bits per heavy atom. The lowest BCUT2D eigenvalue weighted by molar-refractivity contribution is -0.157. The number of amides is 13. The molecule has 13 amide bonds. The van der Waals surface area contributed by atoms with E-state index in [4.69, 9.17) is 10.5 Å². The van der Waals surface area contributed by atoms with E-state index in [1.165, 1.54) is 56.0 Å². The Labute approximate surface area is 624 Å². The number of ether oxygens (including phenoxy) is 1. The summed E-state index contributed by atoms with van der Waals surface area (Å²) in [5.74, 6) is -16.3. The highest BCUT2D eigenvalue weighted by molar-refractivity contribution is 6.03. The van der Waals surface area contributed by atoms with Crippen LogP contribution in [0.5, 0.6) is 0 Å². The molecule has 30 nitrogen and oxygen atoms in total. The SMILES string of the molecule is C/C=C1\NC(=O)[C@H](Cc2ccc(F)cc2)NC(=O)[C@@H](C(C)C)NC(=O)[C@@H]([C@@H](C)CC)NC(=O)[C@H](NC(=O)[C@H](NC(=O)[C@H](CCCN)NC(=O)[C@H]2CCCN2C(=O)[C@H](NC(=O)[C@@H](NC(=O)[C@@H](NC(=O)[C@H](NC(=O)CC[C@@H](C)CC)C(C)C)[C@@H](C)O)C(C)C)C(C)C)[C@@H](C)CC)[C@@H](C)OC(=O)[C@H](C(C)C)NC1=O. The van der Waals surface area contributed by atoms with Crippen LogP contribution in [0.2, 0.25) is 0 Å². The number of aliphatic hydroxyl groups excluding tert-OH is 1. The van der Waals surface area contributed by atoms with Gasteiger partial charge in [-0.05, 0) is 124 Å². The second-order valence-electron chi connectivity index (χ2n) is 30.1. The van der Waals surface area contributed by atoms with Crippen molar-refractivity contribution in [1.29, 1.82) is 0 Å². The van der Waals surface area contributed by atoms with Gasteiger partial charge in [0.15, 0.2) is 0 Å². The Morgan fingerprint density at radius 1 is 0.623 bits per heavy atom. The molecule has 0 radical (unpaired) electrons. The second kappa shape index (κ2) is 43.9. The van der Waals surface area contributed by atoms with Gasteiger partial charge in [0, 0.05) is 19.4 Å². The lowest BCUT2D eigenvalue weighted by atomic mass is 9.95.